The summed E-state index contributed by atoms with van der Waals surface area (Å²) in [6.45, 7) is 5.75. The molecule has 0 unspecified atom stereocenters. The van der Waals surface area contributed by atoms with E-state index in [1.54, 1.807) is 12.3 Å². The van der Waals surface area contributed by atoms with Crippen molar-refractivity contribution >= 4 is 22.6 Å². The largest absolute Gasteiger partial charge is 0.491 e. The first-order valence-corrected chi connectivity index (χ1v) is 9.47. The maximum atomic E-state index is 11.4. The Morgan fingerprint density at radius 3 is 2.72 bits per heavy atom. The van der Waals surface area contributed by atoms with E-state index in [9.17, 15) is 9.90 Å². The number of nitrogens with one attached hydrogen (secondary N) is 1. The standard InChI is InChI=1S/C21H24N4O4/c1-12(2)29-14-5-17(24-19(6-14)21(27)10-28-11-21)16-9-25(4)18-8-22-20(7-15(16)18)23-13(3)26/h5-9,12,27H,10-11H2,1-4H3,(H,22,23,26). The zero-order valence-corrected chi connectivity index (χ0v) is 16.9. The van der Waals surface area contributed by atoms with Crippen molar-refractivity contribution in [2.75, 3.05) is 18.5 Å². The van der Waals surface area contributed by atoms with Gasteiger partial charge in [-0.2, -0.15) is 0 Å². The van der Waals surface area contributed by atoms with Crippen molar-refractivity contribution in [2.24, 2.45) is 7.05 Å². The number of nitrogens with zero attached hydrogens (tertiary/aromatic N) is 3. The van der Waals surface area contributed by atoms with Gasteiger partial charge in [0, 0.05) is 43.3 Å². The molecule has 4 rings (SSSR count). The van der Waals surface area contributed by atoms with Gasteiger partial charge in [-0.05, 0) is 19.9 Å². The normalized spacial score (nSPS) is 15.4. The molecule has 29 heavy (non-hydrogen) atoms. The number of carbonyl (C=O) groups excluding carboxylic acids is 1. The molecule has 1 saturated heterocycles. The molecule has 0 aliphatic carbocycles. The smallest absolute Gasteiger partial charge is 0.222 e. The summed E-state index contributed by atoms with van der Waals surface area (Å²) in [7, 11) is 1.92. The second kappa shape index (κ2) is 7.13. The van der Waals surface area contributed by atoms with E-state index < -0.39 is 5.60 Å². The third-order valence-corrected chi connectivity index (χ3v) is 4.79. The fraction of sp³-hybridized carbons (Fsp3) is 0.381. The molecule has 1 aliphatic rings. The Morgan fingerprint density at radius 1 is 1.34 bits per heavy atom. The molecule has 0 saturated carbocycles. The van der Waals surface area contributed by atoms with Crippen LogP contribution in [0.4, 0.5) is 5.82 Å². The van der Waals surface area contributed by atoms with E-state index in [4.69, 9.17) is 14.5 Å². The SMILES string of the molecule is CC(=O)Nc1cc2c(-c3cc(OC(C)C)cc(C4(O)COC4)n3)cn(C)c2cn1. The molecule has 0 bridgehead atoms. The van der Waals surface area contributed by atoms with E-state index in [-0.39, 0.29) is 25.2 Å². The van der Waals surface area contributed by atoms with Crippen molar-refractivity contribution in [2.45, 2.75) is 32.5 Å². The summed E-state index contributed by atoms with van der Waals surface area (Å²) in [6, 6.07) is 5.45. The topological polar surface area (TPSA) is 98.5 Å². The first-order chi connectivity index (χ1) is 13.7. The monoisotopic (exact) mass is 396 g/mol. The number of amides is 1. The van der Waals surface area contributed by atoms with E-state index in [1.165, 1.54) is 6.92 Å². The third kappa shape index (κ3) is 3.68. The predicted octanol–water partition coefficient (Wildman–Crippen LogP) is 2.60. The fourth-order valence-corrected chi connectivity index (χ4v) is 3.40. The number of aromatic nitrogens is 3. The molecule has 4 heterocycles. The van der Waals surface area contributed by atoms with Gasteiger partial charge in [-0.3, -0.25) is 4.79 Å². The average Bonchev–Trinajstić information content (AvgIpc) is 2.94. The van der Waals surface area contributed by atoms with Crippen LogP contribution in [0.3, 0.4) is 0 Å². The minimum absolute atomic E-state index is 0.0199. The number of aryl methyl sites for hydroxylation is 1. The van der Waals surface area contributed by atoms with Crippen LogP contribution in [0.5, 0.6) is 5.75 Å². The molecule has 152 valence electrons. The molecular weight excluding hydrogens is 372 g/mol. The van der Waals surface area contributed by atoms with E-state index in [0.717, 1.165) is 16.5 Å². The average molecular weight is 396 g/mol. The molecule has 0 spiro atoms. The maximum absolute atomic E-state index is 11.4. The number of rotatable bonds is 5. The lowest BCUT2D eigenvalue weighted by Crippen LogP contribution is -2.47. The van der Waals surface area contributed by atoms with Gasteiger partial charge >= 0.3 is 0 Å². The Hall–Kier alpha value is -2.97. The Balaban J connectivity index is 1.87. The number of fused-ring (bicyclic) bond motifs is 1. The molecular formula is C21H24N4O4. The number of pyridine rings is 2. The van der Waals surface area contributed by atoms with Crippen LogP contribution in [0.15, 0.2) is 30.6 Å². The van der Waals surface area contributed by atoms with Crippen LogP contribution in [0, 0.1) is 0 Å². The number of hydrogen-bond donors (Lipinski definition) is 2. The predicted molar refractivity (Wildman–Crippen MR) is 109 cm³/mol. The van der Waals surface area contributed by atoms with Crippen LogP contribution < -0.4 is 10.1 Å². The van der Waals surface area contributed by atoms with E-state index in [1.807, 2.05) is 43.8 Å². The van der Waals surface area contributed by atoms with Crippen LogP contribution in [0.1, 0.15) is 26.5 Å². The maximum Gasteiger partial charge on any atom is 0.222 e. The number of ether oxygens (including phenoxy) is 2. The van der Waals surface area contributed by atoms with E-state index in [0.29, 0.717) is 23.0 Å². The summed E-state index contributed by atoms with van der Waals surface area (Å²) >= 11 is 0. The van der Waals surface area contributed by atoms with Gasteiger partial charge < -0.3 is 24.5 Å². The number of anilines is 1. The molecule has 8 nitrogen and oxygen atoms in total. The summed E-state index contributed by atoms with van der Waals surface area (Å²) in [5, 5.41) is 14.4. The highest BCUT2D eigenvalue weighted by Gasteiger charge is 2.40. The van der Waals surface area contributed by atoms with Crippen LogP contribution >= 0.6 is 0 Å². The van der Waals surface area contributed by atoms with Crippen molar-refractivity contribution in [3.63, 3.8) is 0 Å². The Bertz CT molecular complexity index is 1090. The molecule has 1 fully saturated rings. The summed E-state index contributed by atoms with van der Waals surface area (Å²) in [6.07, 6.45) is 3.65. The van der Waals surface area contributed by atoms with Gasteiger partial charge in [-0.25, -0.2) is 9.97 Å². The zero-order valence-electron chi connectivity index (χ0n) is 16.9. The first kappa shape index (κ1) is 19.4. The Labute approximate surface area is 168 Å². The molecule has 1 aliphatic heterocycles. The van der Waals surface area contributed by atoms with E-state index in [2.05, 4.69) is 10.3 Å². The molecule has 3 aromatic rings. The minimum Gasteiger partial charge on any atom is -0.491 e. The summed E-state index contributed by atoms with van der Waals surface area (Å²) in [5.41, 5.74) is 1.83. The Morgan fingerprint density at radius 2 is 2.10 bits per heavy atom. The van der Waals surface area contributed by atoms with Crippen molar-refractivity contribution in [3.8, 4) is 17.0 Å². The second-order valence-electron chi connectivity index (χ2n) is 7.69. The lowest BCUT2D eigenvalue weighted by Gasteiger charge is -2.36. The van der Waals surface area contributed by atoms with Gasteiger partial charge in [-0.15, -0.1) is 0 Å². The molecule has 1 amide bonds. The molecule has 3 aromatic heterocycles. The van der Waals surface area contributed by atoms with Crippen LogP contribution in [0.2, 0.25) is 0 Å². The first-order valence-electron chi connectivity index (χ1n) is 9.47. The highest BCUT2D eigenvalue weighted by molar-refractivity contribution is 5.98. The number of aliphatic hydroxyl groups is 1. The number of hydrogen-bond acceptors (Lipinski definition) is 6. The van der Waals surface area contributed by atoms with Gasteiger partial charge in [0.05, 0.1) is 42.4 Å². The molecule has 8 heteroatoms. The minimum atomic E-state index is -1.11. The van der Waals surface area contributed by atoms with Gasteiger partial charge in [0.15, 0.2) is 5.60 Å². The highest BCUT2D eigenvalue weighted by atomic mass is 16.5. The molecule has 2 N–H and O–H groups in total. The summed E-state index contributed by atoms with van der Waals surface area (Å²) in [4.78, 5) is 20.5. The van der Waals surface area contributed by atoms with Crippen molar-refractivity contribution < 1.29 is 19.4 Å². The van der Waals surface area contributed by atoms with Gasteiger partial charge in [0.2, 0.25) is 5.91 Å². The van der Waals surface area contributed by atoms with Gasteiger partial charge in [0.1, 0.15) is 11.6 Å². The van der Waals surface area contributed by atoms with Crippen molar-refractivity contribution in [1.29, 1.82) is 0 Å². The van der Waals surface area contributed by atoms with Crippen LogP contribution in [0.25, 0.3) is 22.2 Å². The fourth-order valence-electron chi connectivity index (χ4n) is 3.40. The zero-order chi connectivity index (χ0) is 20.8. The quantitative estimate of drug-likeness (QED) is 0.688. The van der Waals surface area contributed by atoms with Gasteiger partial charge in [0.25, 0.3) is 0 Å². The van der Waals surface area contributed by atoms with E-state index >= 15 is 0 Å². The van der Waals surface area contributed by atoms with Crippen LogP contribution in [-0.2, 0) is 22.2 Å². The third-order valence-electron chi connectivity index (χ3n) is 4.79. The lowest BCUT2D eigenvalue weighted by atomic mass is 9.96. The molecule has 0 atom stereocenters. The molecule has 0 radical (unpaired) electrons. The molecule has 0 aromatic carbocycles. The number of carbonyl (C=O) groups is 1. The van der Waals surface area contributed by atoms with Crippen LogP contribution in [-0.4, -0.2) is 44.9 Å². The second-order valence-corrected chi connectivity index (χ2v) is 7.69. The summed E-state index contributed by atoms with van der Waals surface area (Å²) in [5.74, 6) is 0.918. The highest BCUT2D eigenvalue weighted by Crippen LogP contribution is 2.36. The van der Waals surface area contributed by atoms with Gasteiger partial charge in [-0.1, -0.05) is 0 Å². The van der Waals surface area contributed by atoms with Crippen molar-refractivity contribution in [1.82, 2.24) is 14.5 Å². The van der Waals surface area contributed by atoms with Crippen molar-refractivity contribution in [3.05, 3.63) is 36.3 Å². The lowest BCUT2D eigenvalue weighted by molar-refractivity contribution is -0.186. The Kier molecular flexibility index (Phi) is 4.76. The summed E-state index contributed by atoms with van der Waals surface area (Å²) < 4.78 is 13.1.